The monoisotopic (exact) mass is 402 g/mol. The van der Waals surface area contributed by atoms with E-state index in [2.05, 4.69) is 16.0 Å². The van der Waals surface area contributed by atoms with Crippen molar-refractivity contribution in [3.63, 3.8) is 0 Å². The minimum Gasteiger partial charge on any atom is -0.365 e. The van der Waals surface area contributed by atoms with Gasteiger partial charge < -0.3 is 20.9 Å². The number of fused-ring (bicyclic) bond motifs is 1. The molecule has 140 valence electrons. The second-order valence-electron chi connectivity index (χ2n) is 6.11. The summed E-state index contributed by atoms with van der Waals surface area (Å²) in [6.07, 6.45) is -0.0616. The molecule has 6 nitrogen and oxygen atoms in total. The fraction of sp³-hybridized carbons (Fsp3) is 0.211. The Balaban J connectivity index is 1.85. The molecular formula is C19H19ClN4O2S. The van der Waals surface area contributed by atoms with E-state index in [1.54, 1.807) is 36.2 Å². The molecule has 2 amide bonds. The van der Waals surface area contributed by atoms with Crippen LogP contribution in [0, 0.1) is 6.92 Å². The number of anilines is 3. The molecule has 0 aromatic heterocycles. The molecule has 0 spiro atoms. The number of halogens is 1. The van der Waals surface area contributed by atoms with Crippen LogP contribution in [0.5, 0.6) is 0 Å². The van der Waals surface area contributed by atoms with E-state index in [0.29, 0.717) is 21.5 Å². The lowest BCUT2D eigenvalue weighted by molar-refractivity contribution is -0.122. The van der Waals surface area contributed by atoms with Gasteiger partial charge in [0.1, 0.15) is 6.04 Å². The predicted molar refractivity (Wildman–Crippen MR) is 112 cm³/mol. The van der Waals surface area contributed by atoms with Crippen LogP contribution >= 0.6 is 23.8 Å². The number of carbonyl (C=O) groups excluding carboxylic acids is 2. The van der Waals surface area contributed by atoms with Crippen molar-refractivity contribution in [2.75, 3.05) is 22.6 Å². The maximum absolute atomic E-state index is 12.7. The Kier molecular flexibility index (Phi) is 5.62. The van der Waals surface area contributed by atoms with Crippen LogP contribution in [0.2, 0.25) is 5.02 Å². The second kappa shape index (κ2) is 7.94. The molecule has 0 fully saturated rings. The van der Waals surface area contributed by atoms with Gasteiger partial charge in [-0.05, 0) is 49.0 Å². The van der Waals surface area contributed by atoms with Crippen molar-refractivity contribution < 1.29 is 9.59 Å². The summed E-state index contributed by atoms with van der Waals surface area (Å²) in [5, 5.41) is 9.49. The minimum atomic E-state index is -0.764. The number of benzene rings is 2. The SMILES string of the molecule is CNC(=S)N1c2ccccc2NC(=O)[C@H]1CC(=O)Nc1cccc(Cl)c1C. The van der Waals surface area contributed by atoms with Crippen LogP contribution in [0.3, 0.4) is 0 Å². The predicted octanol–water partition coefficient (Wildman–Crippen LogP) is 3.31. The zero-order valence-corrected chi connectivity index (χ0v) is 16.4. The number of hydrogen-bond acceptors (Lipinski definition) is 3. The van der Waals surface area contributed by atoms with Crippen molar-refractivity contribution in [1.82, 2.24) is 5.32 Å². The van der Waals surface area contributed by atoms with Crippen molar-refractivity contribution >= 4 is 57.8 Å². The Morgan fingerprint density at radius 3 is 2.74 bits per heavy atom. The van der Waals surface area contributed by atoms with E-state index >= 15 is 0 Å². The third-order valence-corrected chi connectivity index (χ3v) is 5.20. The molecule has 0 bridgehead atoms. The molecule has 2 aromatic carbocycles. The molecule has 1 atom stereocenters. The van der Waals surface area contributed by atoms with Gasteiger partial charge in [-0.25, -0.2) is 0 Å². The molecule has 0 saturated carbocycles. The molecule has 0 radical (unpaired) electrons. The zero-order chi connectivity index (χ0) is 19.6. The van der Waals surface area contributed by atoms with E-state index in [0.717, 1.165) is 11.3 Å². The van der Waals surface area contributed by atoms with Crippen LogP contribution < -0.4 is 20.9 Å². The smallest absolute Gasteiger partial charge is 0.248 e. The number of amides is 2. The zero-order valence-electron chi connectivity index (χ0n) is 14.9. The third kappa shape index (κ3) is 3.89. The fourth-order valence-electron chi connectivity index (χ4n) is 2.97. The number of rotatable bonds is 3. The number of carbonyl (C=O) groups is 2. The highest BCUT2D eigenvalue weighted by Gasteiger charge is 2.36. The van der Waals surface area contributed by atoms with Crippen molar-refractivity contribution in [1.29, 1.82) is 0 Å². The van der Waals surface area contributed by atoms with E-state index in [-0.39, 0.29) is 18.2 Å². The van der Waals surface area contributed by atoms with Crippen LogP contribution in [0.25, 0.3) is 0 Å². The van der Waals surface area contributed by atoms with E-state index < -0.39 is 6.04 Å². The molecule has 2 aromatic rings. The van der Waals surface area contributed by atoms with Crippen molar-refractivity contribution in [3.05, 3.63) is 53.1 Å². The maximum atomic E-state index is 12.7. The summed E-state index contributed by atoms with van der Waals surface area (Å²) in [5.41, 5.74) is 2.79. The molecular weight excluding hydrogens is 384 g/mol. The van der Waals surface area contributed by atoms with Crippen LogP contribution in [0.1, 0.15) is 12.0 Å². The summed E-state index contributed by atoms with van der Waals surface area (Å²) < 4.78 is 0. The van der Waals surface area contributed by atoms with Crippen LogP contribution in [-0.4, -0.2) is 30.0 Å². The topological polar surface area (TPSA) is 73.5 Å². The van der Waals surface area contributed by atoms with E-state index in [1.165, 1.54) is 0 Å². The molecule has 8 heteroatoms. The molecule has 0 unspecified atom stereocenters. The van der Waals surface area contributed by atoms with Gasteiger partial charge in [-0.3, -0.25) is 9.59 Å². The van der Waals surface area contributed by atoms with Crippen LogP contribution in [0.4, 0.5) is 17.1 Å². The highest BCUT2D eigenvalue weighted by molar-refractivity contribution is 7.80. The average molecular weight is 403 g/mol. The third-order valence-electron chi connectivity index (χ3n) is 4.39. The molecule has 27 heavy (non-hydrogen) atoms. The number of hydrogen-bond donors (Lipinski definition) is 3. The fourth-order valence-corrected chi connectivity index (χ4v) is 3.37. The lowest BCUT2D eigenvalue weighted by Gasteiger charge is -2.37. The number of nitrogens with zero attached hydrogens (tertiary/aromatic N) is 1. The Labute approximate surface area is 167 Å². The first kappa shape index (κ1) is 19.1. The highest BCUT2D eigenvalue weighted by atomic mass is 35.5. The van der Waals surface area contributed by atoms with Crippen molar-refractivity contribution in [3.8, 4) is 0 Å². The summed E-state index contributed by atoms with van der Waals surface area (Å²) in [4.78, 5) is 27.0. The van der Waals surface area contributed by atoms with Crippen molar-refractivity contribution in [2.24, 2.45) is 0 Å². The second-order valence-corrected chi connectivity index (χ2v) is 6.91. The molecule has 0 saturated heterocycles. The van der Waals surface area contributed by atoms with Gasteiger partial charge in [0.15, 0.2) is 5.11 Å². The van der Waals surface area contributed by atoms with Crippen molar-refractivity contribution in [2.45, 2.75) is 19.4 Å². The summed E-state index contributed by atoms with van der Waals surface area (Å²) >= 11 is 11.5. The maximum Gasteiger partial charge on any atom is 0.248 e. The Morgan fingerprint density at radius 1 is 1.26 bits per heavy atom. The Morgan fingerprint density at radius 2 is 2.00 bits per heavy atom. The van der Waals surface area contributed by atoms with Gasteiger partial charge in [0.25, 0.3) is 0 Å². The quantitative estimate of drug-likeness (QED) is 0.687. The summed E-state index contributed by atoms with van der Waals surface area (Å²) in [5.74, 6) is -0.590. The summed E-state index contributed by atoms with van der Waals surface area (Å²) in [7, 11) is 1.68. The number of para-hydroxylation sites is 2. The van der Waals surface area contributed by atoms with Gasteiger partial charge in [-0.2, -0.15) is 0 Å². The molecule has 0 aliphatic carbocycles. The van der Waals surface area contributed by atoms with Gasteiger partial charge in [0.05, 0.1) is 17.8 Å². The first-order valence-electron chi connectivity index (χ1n) is 8.38. The summed E-state index contributed by atoms with van der Waals surface area (Å²) in [6, 6.07) is 11.9. The Hall–Kier alpha value is -2.64. The normalized spacial score (nSPS) is 15.6. The lowest BCUT2D eigenvalue weighted by Crippen LogP contribution is -2.54. The van der Waals surface area contributed by atoms with Gasteiger partial charge in [-0.1, -0.05) is 29.8 Å². The van der Waals surface area contributed by atoms with Crippen LogP contribution in [0.15, 0.2) is 42.5 Å². The lowest BCUT2D eigenvalue weighted by atomic mass is 10.0. The Bertz CT molecular complexity index is 918. The number of thiocarbonyl (C=S) groups is 1. The van der Waals surface area contributed by atoms with E-state index in [9.17, 15) is 9.59 Å². The standard InChI is InChI=1S/C19H19ClN4O2S/c1-11-12(20)6-5-8-13(11)22-17(25)10-16-18(26)23-14-7-3-4-9-15(14)24(16)19(27)21-2/h3-9,16H,10H2,1-2H3,(H,21,27)(H,22,25)(H,23,26)/t16-/m1/s1. The van der Waals surface area contributed by atoms with E-state index in [1.807, 2.05) is 25.1 Å². The van der Waals surface area contributed by atoms with Gasteiger partial charge >= 0.3 is 0 Å². The van der Waals surface area contributed by atoms with Gasteiger partial charge in [-0.15, -0.1) is 0 Å². The first-order chi connectivity index (χ1) is 12.9. The van der Waals surface area contributed by atoms with E-state index in [4.69, 9.17) is 23.8 Å². The molecule has 1 aliphatic rings. The average Bonchev–Trinajstić information content (AvgIpc) is 2.65. The molecule has 3 rings (SSSR count). The highest BCUT2D eigenvalue weighted by Crippen LogP contribution is 2.33. The molecule has 3 N–H and O–H groups in total. The largest absolute Gasteiger partial charge is 0.365 e. The first-order valence-corrected chi connectivity index (χ1v) is 9.16. The number of nitrogens with one attached hydrogen (secondary N) is 3. The molecule has 1 heterocycles. The summed E-state index contributed by atoms with van der Waals surface area (Å²) in [6.45, 7) is 1.82. The van der Waals surface area contributed by atoms with Gasteiger partial charge in [0.2, 0.25) is 11.8 Å². The minimum absolute atomic E-state index is 0.0616. The van der Waals surface area contributed by atoms with Crippen LogP contribution in [-0.2, 0) is 9.59 Å². The van der Waals surface area contributed by atoms with Gasteiger partial charge in [0, 0.05) is 17.8 Å². The molecule has 1 aliphatic heterocycles.